The summed E-state index contributed by atoms with van der Waals surface area (Å²) in [5.74, 6) is -2.67. The highest BCUT2D eigenvalue weighted by Crippen LogP contribution is 2.41. The summed E-state index contributed by atoms with van der Waals surface area (Å²) in [6.07, 6.45) is -0.752. The number of thiophene rings is 1. The lowest BCUT2D eigenvalue weighted by Gasteiger charge is -2.49. The molecule has 0 aliphatic carbocycles. The van der Waals surface area contributed by atoms with Gasteiger partial charge in [-0.05, 0) is 37.8 Å². The van der Waals surface area contributed by atoms with Crippen molar-refractivity contribution in [3.8, 4) is 5.88 Å². The predicted molar refractivity (Wildman–Crippen MR) is 147 cm³/mol. The Kier molecular flexibility index (Phi) is 8.46. The van der Waals surface area contributed by atoms with Gasteiger partial charge in [0.05, 0.1) is 12.1 Å². The zero-order chi connectivity index (χ0) is 29.4. The molecule has 17 heteroatoms. The van der Waals surface area contributed by atoms with E-state index in [-0.39, 0.29) is 28.8 Å². The van der Waals surface area contributed by atoms with Gasteiger partial charge in [-0.1, -0.05) is 11.8 Å². The number of rotatable bonds is 8. The third kappa shape index (κ3) is 6.26. The highest BCUT2D eigenvalue weighted by molar-refractivity contribution is 8.01. The second kappa shape index (κ2) is 11.5. The molecule has 2 aromatic heterocycles. The summed E-state index contributed by atoms with van der Waals surface area (Å²) in [6, 6.07) is 0.738. The largest absolute Gasteiger partial charge is 0.488 e. The first-order valence-electron chi connectivity index (χ1n) is 11.8. The van der Waals surface area contributed by atoms with Crippen molar-refractivity contribution in [1.29, 1.82) is 0 Å². The number of amides is 3. The van der Waals surface area contributed by atoms with Gasteiger partial charge in [0.1, 0.15) is 22.7 Å². The van der Waals surface area contributed by atoms with Crippen molar-refractivity contribution in [1.82, 2.24) is 25.0 Å². The molecule has 214 valence electrons. The number of hydrogen-bond acceptors (Lipinski definition) is 12. The fourth-order valence-electron chi connectivity index (χ4n) is 3.88. The number of aromatic hydroxyl groups is 1. The molecule has 0 bridgehead atoms. The number of aromatic nitrogens is 3. The Morgan fingerprint density at radius 1 is 1.25 bits per heavy atom. The Hall–Kier alpha value is -3.57. The lowest BCUT2D eigenvalue weighted by Crippen LogP contribution is -2.70. The molecular weight excluding hydrogens is 584 g/mol. The highest BCUT2D eigenvalue weighted by atomic mass is 32.2. The number of β-lactam (4-membered cyclic amide) rings is 1. The van der Waals surface area contributed by atoms with Gasteiger partial charge in [0.2, 0.25) is 5.91 Å². The second-order valence-electron chi connectivity index (χ2n) is 9.73. The van der Waals surface area contributed by atoms with Crippen molar-refractivity contribution in [2.24, 2.45) is 7.05 Å². The first-order chi connectivity index (χ1) is 18.8. The molecule has 1 saturated heterocycles. The SMILES string of the molecule is Cn1c(SCC2=C(C(=O)O)N3C(=O)C(NC(=O)Cc4sccc4NC(=O)OC(C)(C)C)[C@H]3SC2)nnc(O)c1=O. The normalized spacial score (nSPS) is 18.6. The van der Waals surface area contributed by atoms with Gasteiger partial charge < -0.3 is 20.3 Å². The molecule has 2 aromatic rings. The van der Waals surface area contributed by atoms with Crippen LogP contribution in [0.25, 0.3) is 0 Å². The van der Waals surface area contributed by atoms with Crippen molar-refractivity contribution < 1.29 is 34.1 Å². The summed E-state index contributed by atoms with van der Waals surface area (Å²) in [5, 5.41) is 33.0. The number of carbonyl (C=O) groups is 4. The maximum Gasteiger partial charge on any atom is 0.412 e. The van der Waals surface area contributed by atoms with Crippen molar-refractivity contribution in [2.75, 3.05) is 16.8 Å². The van der Waals surface area contributed by atoms with Crippen LogP contribution < -0.4 is 16.2 Å². The third-order valence-corrected chi connectivity index (χ3v) is 9.02. The summed E-state index contributed by atoms with van der Waals surface area (Å²) in [7, 11) is 1.40. The van der Waals surface area contributed by atoms with Crippen LogP contribution in [0.3, 0.4) is 0 Å². The Labute approximate surface area is 240 Å². The number of thioether (sulfide) groups is 2. The monoisotopic (exact) mass is 610 g/mol. The van der Waals surface area contributed by atoms with Crippen molar-refractivity contribution >= 4 is 64.4 Å². The molecule has 0 radical (unpaired) electrons. The van der Waals surface area contributed by atoms with Crippen LogP contribution in [0.5, 0.6) is 5.88 Å². The molecule has 0 saturated carbocycles. The molecule has 2 aliphatic heterocycles. The van der Waals surface area contributed by atoms with Gasteiger partial charge in [-0.25, -0.2) is 9.59 Å². The lowest BCUT2D eigenvalue weighted by atomic mass is 10.0. The van der Waals surface area contributed by atoms with Gasteiger partial charge in [-0.15, -0.1) is 33.3 Å². The van der Waals surface area contributed by atoms with E-state index in [1.807, 2.05) is 0 Å². The van der Waals surface area contributed by atoms with E-state index in [0.717, 1.165) is 21.2 Å². The average Bonchev–Trinajstić information content (AvgIpc) is 3.29. The van der Waals surface area contributed by atoms with E-state index in [9.17, 15) is 34.2 Å². The summed E-state index contributed by atoms with van der Waals surface area (Å²) >= 11 is 3.61. The number of carboxylic acids is 1. The molecule has 0 aromatic carbocycles. The molecule has 40 heavy (non-hydrogen) atoms. The predicted octanol–water partition coefficient (Wildman–Crippen LogP) is 1.36. The summed E-state index contributed by atoms with van der Waals surface area (Å²) in [6.45, 7) is 5.20. The van der Waals surface area contributed by atoms with Gasteiger partial charge in [-0.3, -0.25) is 29.2 Å². The van der Waals surface area contributed by atoms with Crippen LogP contribution in [0, 0.1) is 0 Å². The first-order valence-corrected chi connectivity index (χ1v) is 14.7. The molecule has 2 aliphatic rings. The van der Waals surface area contributed by atoms with Crippen LogP contribution in [-0.2, 0) is 32.6 Å². The zero-order valence-corrected chi connectivity index (χ0v) is 24.2. The Morgan fingerprint density at radius 3 is 2.65 bits per heavy atom. The molecule has 4 heterocycles. The number of nitrogens with zero attached hydrogens (tertiary/aromatic N) is 4. The number of hydrogen-bond donors (Lipinski definition) is 4. The van der Waals surface area contributed by atoms with E-state index in [4.69, 9.17) is 4.74 Å². The average molecular weight is 611 g/mol. The molecule has 4 N–H and O–H groups in total. The van der Waals surface area contributed by atoms with E-state index >= 15 is 0 Å². The maximum atomic E-state index is 13.0. The minimum Gasteiger partial charge on any atom is -0.488 e. The first kappa shape index (κ1) is 29.4. The fraction of sp³-hybridized carbons (Fsp3) is 0.435. The smallest absolute Gasteiger partial charge is 0.412 e. The van der Waals surface area contributed by atoms with Crippen LogP contribution in [0.2, 0.25) is 0 Å². The lowest BCUT2D eigenvalue weighted by molar-refractivity contribution is -0.150. The molecule has 4 rings (SSSR count). The number of aliphatic carboxylic acids is 1. The van der Waals surface area contributed by atoms with E-state index < -0.39 is 52.3 Å². The molecule has 1 fully saturated rings. The Balaban J connectivity index is 1.40. The van der Waals surface area contributed by atoms with E-state index in [1.54, 1.807) is 32.2 Å². The molecule has 0 spiro atoms. The standard InChI is InChI=1S/C23H26N6O8S3/c1-23(2,3)37-22(36)24-11-5-6-38-12(11)7-13(30)25-14-17(32)29-15(20(34)35)10(8-39-19(14)29)9-40-21-27-26-16(31)18(33)28(21)4/h5-6,14,19H,7-9H2,1-4H3,(H,24,36)(H,25,30)(H,26,31)(H,34,35)/t14?,19-/m1/s1. The van der Waals surface area contributed by atoms with Crippen molar-refractivity contribution in [3.05, 3.63) is 37.9 Å². The van der Waals surface area contributed by atoms with Crippen molar-refractivity contribution in [3.63, 3.8) is 0 Å². The van der Waals surface area contributed by atoms with Crippen LogP contribution in [0.4, 0.5) is 10.5 Å². The quantitative estimate of drug-likeness (QED) is 0.248. The summed E-state index contributed by atoms with van der Waals surface area (Å²) < 4.78 is 6.34. The van der Waals surface area contributed by atoms with E-state index in [1.165, 1.54) is 30.1 Å². The number of ether oxygens (including phenoxy) is 1. The molecule has 3 amide bonds. The molecule has 2 atom stereocenters. The van der Waals surface area contributed by atoms with Gasteiger partial charge in [-0.2, -0.15) is 0 Å². The molecule has 14 nitrogen and oxygen atoms in total. The van der Waals surface area contributed by atoms with Gasteiger partial charge >= 0.3 is 17.6 Å². The van der Waals surface area contributed by atoms with Crippen LogP contribution in [0.15, 0.2) is 32.7 Å². The van der Waals surface area contributed by atoms with Crippen LogP contribution in [-0.4, -0.2) is 82.3 Å². The highest BCUT2D eigenvalue weighted by Gasteiger charge is 2.54. The zero-order valence-electron chi connectivity index (χ0n) is 21.8. The topological polar surface area (TPSA) is 193 Å². The van der Waals surface area contributed by atoms with Gasteiger partial charge in [0.25, 0.3) is 11.8 Å². The number of fused-ring (bicyclic) bond motifs is 1. The summed E-state index contributed by atoms with van der Waals surface area (Å²) in [5.41, 5.74) is -0.737. The van der Waals surface area contributed by atoms with Gasteiger partial charge in [0, 0.05) is 23.4 Å². The number of anilines is 1. The minimum atomic E-state index is -1.29. The third-order valence-electron chi connectivity index (χ3n) is 5.66. The van der Waals surface area contributed by atoms with Crippen LogP contribution >= 0.6 is 34.9 Å². The fourth-order valence-corrected chi connectivity index (χ4v) is 7.10. The van der Waals surface area contributed by atoms with Crippen molar-refractivity contribution in [2.45, 2.75) is 49.4 Å². The second-order valence-corrected chi connectivity index (χ2v) is 12.8. The van der Waals surface area contributed by atoms with Crippen LogP contribution in [0.1, 0.15) is 25.6 Å². The molecule has 1 unspecified atom stereocenters. The maximum absolute atomic E-state index is 13.0. The van der Waals surface area contributed by atoms with E-state index in [2.05, 4.69) is 20.8 Å². The number of carboxylic acid groups (broad SMARTS) is 1. The van der Waals surface area contributed by atoms with E-state index in [0.29, 0.717) is 16.1 Å². The molecular formula is C23H26N6O8S3. The van der Waals surface area contributed by atoms with Gasteiger partial charge in [0.15, 0.2) is 5.16 Å². The number of carbonyl (C=O) groups excluding carboxylic acids is 3. The minimum absolute atomic E-state index is 0.0974. The Morgan fingerprint density at radius 2 is 1.98 bits per heavy atom. The summed E-state index contributed by atoms with van der Waals surface area (Å²) in [4.78, 5) is 63.6. The number of nitrogens with one attached hydrogen (secondary N) is 2. The Bertz CT molecular complexity index is 1460.